The van der Waals surface area contributed by atoms with Crippen molar-refractivity contribution in [1.82, 2.24) is 4.90 Å². The molecular weight excluding hydrogens is 274 g/mol. The van der Waals surface area contributed by atoms with E-state index in [9.17, 15) is 0 Å². The van der Waals surface area contributed by atoms with Crippen molar-refractivity contribution >= 4 is 21.4 Å². The average Bonchev–Trinajstić information content (AvgIpc) is 2.85. The van der Waals surface area contributed by atoms with Crippen LogP contribution in [0.15, 0.2) is 54.6 Å². The minimum absolute atomic E-state index is 0.545. The Kier molecular flexibility index (Phi) is 3.28. The van der Waals surface area contributed by atoms with Crippen LogP contribution >= 0.6 is 11.3 Å². The number of nitrogens with zero attached hydrogens (tertiary/aromatic N) is 1. The summed E-state index contributed by atoms with van der Waals surface area (Å²) >= 11 is 1.96. The van der Waals surface area contributed by atoms with Gasteiger partial charge in [0.25, 0.3) is 0 Å². The maximum atomic E-state index is 2.44. The summed E-state index contributed by atoms with van der Waals surface area (Å²) in [6.07, 6.45) is 1.21. The molecule has 1 aliphatic heterocycles. The summed E-state index contributed by atoms with van der Waals surface area (Å²) in [6, 6.07) is 20.1. The summed E-state index contributed by atoms with van der Waals surface area (Å²) < 4.78 is 1.41. The Balaban J connectivity index is 1.83. The van der Waals surface area contributed by atoms with Crippen molar-refractivity contribution in [3.63, 3.8) is 0 Å². The number of hydrogen-bond acceptors (Lipinski definition) is 2. The highest BCUT2D eigenvalue weighted by molar-refractivity contribution is 7.19. The first-order valence-corrected chi connectivity index (χ1v) is 8.38. The van der Waals surface area contributed by atoms with E-state index in [2.05, 4.69) is 66.5 Å². The summed E-state index contributed by atoms with van der Waals surface area (Å²) in [7, 11) is 2.23. The van der Waals surface area contributed by atoms with E-state index in [1.165, 1.54) is 32.5 Å². The van der Waals surface area contributed by atoms with Gasteiger partial charge in [-0.25, -0.2) is 0 Å². The van der Waals surface area contributed by atoms with Crippen LogP contribution in [0.25, 0.3) is 10.1 Å². The predicted molar refractivity (Wildman–Crippen MR) is 91.1 cm³/mol. The maximum absolute atomic E-state index is 2.44. The summed E-state index contributed by atoms with van der Waals surface area (Å²) in [5.41, 5.74) is 3.01. The van der Waals surface area contributed by atoms with Crippen LogP contribution in [0, 0.1) is 0 Å². The SMILES string of the molecule is CN1CCC(c2cc3ccccc3s2)c2ccccc2C1. The van der Waals surface area contributed by atoms with Crippen molar-refractivity contribution < 1.29 is 0 Å². The molecule has 1 unspecified atom stereocenters. The molecule has 0 fully saturated rings. The van der Waals surface area contributed by atoms with Crippen LogP contribution in [0.4, 0.5) is 0 Å². The van der Waals surface area contributed by atoms with Crippen LogP contribution in [0.5, 0.6) is 0 Å². The molecule has 0 saturated heterocycles. The Labute approximate surface area is 129 Å². The van der Waals surface area contributed by atoms with E-state index in [4.69, 9.17) is 0 Å². The molecule has 0 amide bonds. The Morgan fingerprint density at radius 3 is 2.76 bits per heavy atom. The van der Waals surface area contributed by atoms with Gasteiger partial charge in [0.2, 0.25) is 0 Å². The van der Waals surface area contributed by atoms with Gasteiger partial charge < -0.3 is 4.90 Å². The molecule has 0 saturated carbocycles. The minimum atomic E-state index is 0.545. The Hall–Kier alpha value is -1.64. The molecule has 1 atom stereocenters. The lowest BCUT2D eigenvalue weighted by Crippen LogP contribution is -2.17. The molecule has 0 bridgehead atoms. The zero-order valence-corrected chi connectivity index (χ0v) is 13.1. The molecule has 4 rings (SSSR count). The minimum Gasteiger partial charge on any atom is -0.302 e. The quantitative estimate of drug-likeness (QED) is 0.619. The van der Waals surface area contributed by atoms with Gasteiger partial charge in [-0.2, -0.15) is 0 Å². The second kappa shape index (κ2) is 5.28. The number of benzene rings is 2. The van der Waals surface area contributed by atoms with Crippen molar-refractivity contribution in [2.75, 3.05) is 13.6 Å². The lowest BCUT2D eigenvalue weighted by atomic mass is 9.91. The van der Waals surface area contributed by atoms with E-state index in [0.717, 1.165) is 13.1 Å². The van der Waals surface area contributed by atoms with Gasteiger partial charge in [0.1, 0.15) is 0 Å². The van der Waals surface area contributed by atoms with E-state index >= 15 is 0 Å². The summed E-state index contributed by atoms with van der Waals surface area (Å²) in [5.74, 6) is 0.545. The molecule has 0 aliphatic carbocycles. The monoisotopic (exact) mass is 293 g/mol. The number of hydrogen-bond donors (Lipinski definition) is 0. The fraction of sp³-hybridized carbons (Fsp3) is 0.263. The molecular formula is C19H19NS. The van der Waals surface area contributed by atoms with E-state index in [0.29, 0.717) is 5.92 Å². The Morgan fingerprint density at radius 2 is 1.86 bits per heavy atom. The molecule has 106 valence electrons. The van der Waals surface area contributed by atoms with E-state index < -0.39 is 0 Å². The number of rotatable bonds is 1. The fourth-order valence-corrected chi connectivity index (χ4v) is 4.58. The van der Waals surface area contributed by atoms with Crippen LogP contribution in [-0.4, -0.2) is 18.5 Å². The van der Waals surface area contributed by atoms with Gasteiger partial charge in [-0.1, -0.05) is 42.5 Å². The molecule has 21 heavy (non-hydrogen) atoms. The molecule has 2 heterocycles. The highest BCUT2D eigenvalue weighted by Crippen LogP contribution is 2.39. The van der Waals surface area contributed by atoms with Crippen LogP contribution in [0.1, 0.15) is 28.3 Å². The van der Waals surface area contributed by atoms with Crippen LogP contribution in [0.2, 0.25) is 0 Å². The highest BCUT2D eigenvalue weighted by Gasteiger charge is 2.23. The van der Waals surface area contributed by atoms with Crippen molar-refractivity contribution in [1.29, 1.82) is 0 Å². The van der Waals surface area contributed by atoms with Crippen LogP contribution in [-0.2, 0) is 6.54 Å². The second-order valence-electron chi connectivity index (χ2n) is 5.96. The molecule has 2 aromatic carbocycles. The van der Waals surface area contributed by atoms with Gasteiger partial charge in [-0.3, -0.25) is 0 Å². The lowest BCUT2D eigenvalue weighted by molar-refractivity contribution is 0.328. The van der Waals surface area contributed by atoms with Gasteiger partial charge in [0.15, 0.2) is 0 Å². The van der Waals surface area contributed by atoms with Crippen molar-refractivity contribution in [3.8, 4) is 0 Å². The van der Waals surface area contributed by atoms with Crippen LogP contribution in [0.3, 0.4) is 0 Å². The lowest BCUT2D eigenvalue weighted by Gasteiger charge is -2.15. The molecule has 2 heteroatoms. The third-order valence-electron chi connectivity index (χ3n) is 4.46. The third-order valence-corrected chi connectivity index (χ3v) is 5.69. The molecule has 1 aliphatic rings. The van der Waals surface area contributed by atoms with Crippen molar-refractivity contribution in [2.24, 2.45) is 0 Å². The molecule has 0 spiro atoms. The molecule has 0 N–H and O–H groups in total. The highest BCUT2D eigenvalue weighted by atomic mass is 32.1. The Bertz CT molecular complexity index is 741. The van der Waals surface area contributed by atoms with Gasteiger partial charge in [-0.05, 0) is 48.7 Å². The largest absolute Gasteiger partial charge is 0.302 e. The van der Waals surface area contributed by atoms with E-state index in [1.807, 2.05) is 11.3 Å². The summed E-state index contributed by atoms with van der Waals surface area (Å²) in [4.78, 5) is 3.95. The normalized spacial score (nSPS) is 19.4. The first-order valence-electron chi connectivity index (χ1n) is 7.56. The smallest absolute Gasteiger partial charge is 0.0345 e. The summed E-state index contributed by atoms with van der Waals surface area (Å²) in [6.45, 7) is 2.23. The van der Waals surface area contributed by atoms with Crippen LogP contribution < -0.4 is 0 Å². The predicted octanol–water partition coefficient (Wildman–Crippen LogP) is 4.87. The zero-order chi connectivity index (χ0) is 14.2. The molecule has 1 aromatic heterocycles. The van der Waals surface area contributed by atoms with Gasteiger partial charge in [0, 0.05) is 22.0 Å². The standard InChI is InChI=1S/C19H19NS/c1-20-11-10-17(16-8-4-2-7-15(16)13-20)19-12-14-6-3-5-9-18(14)21-19/h2-9,12,17H,10-11,13H2,1H3. The van der Waals surface area contributed by atoms with E-state index in [1.54, 1.807) is 0 Å². The Morgan fingerprint density at radius 1 is 1.05 bits per heavy atom. The topological polar surface area (TPSA) is 3.24 Å². The maximum Gasteiger partial charge on any atom is 0.0345 e. The third kappa shape index (κ3) is 2.39. The number of thiophene rings is 1. The van der Waals surface area contributed by atoms with Gasteiger partial charge >= 0.3 is 0 Å². The average molecular weight is 293 g/mol. The zero-order valence-electron chi connectivity index (χ0n) is 12.3. The molecule has 3 aromatic rings. The second-order valence-corrected chi connectivity index (χ2v) is 7.08. The fourth-order valence-electron chi connectivity index (χ4n) is 3.36. The molecule has 0 radical (unpaired) electrons. The number of fused-ring (bicyclic) bond motifs is 2. The van der Waals surface area contributed by atoms with Crippen molar-refractivity contribution in [3.05, 3.63) is 70.6 Å². The molecule has 1 nitrogen and oxygen atoms in total. The van der Waals surface area contributed by atoms with E-state index in [-0.39, 0.29) is 0 Å². The van der Waals surface area contributed by atoms with Gasteiger partial charge in [0.05, 0.1) is 0 Å². The first kappa shape index (κ1) is 13.1. The van der Waals surface area contributed by atoms with Crippen molar-refractivity contribution in [2.45, 2.75) is 18.9 Å². The summed E-state index contributed by atoms with van der Waals surface area (Å²) in [5, 5.41) is 1.38. The first-order chi connectivity index (χ1) is 10.3. The van der Waals surface area contributed by atoms with Gasteiger partial charge in [-0.15, -0.1) is 11.3 Å².